The number of amides is 1. The van der Waals surface area contributed by atoms with Crippen LogP contribution in [-0.2, 0) is 16.1 Å². The van der Waals surface area contributed by atoms with E-state index >= 15 is 0 Å². The maximum atomic E-state index is 12.6. The Balaban J connectivity index is 1.79. The Kier molecular flexibility index (Phi) is 4.94. The minimum atomic E-state index is -0.176. The van der Waals surface area contributed by atoms with Crippen LogP contribution in [-0.4, -0.2) is 46.2 Å². The fourth-order valence-corrected chi connectivity index (χ4v) is 3.14. The van der Waals surface area contributed by atoms with Gasteiger partial charge >= 0.3 is 0 Å². The third-order valence-electron chi connectivity index (χ3n) is 4.54. The average Bonchev–Trinajstić information content (AvgIpc) is 3.09. The number of carbonyl (C=O) groups is 1. The average molecular weight is 329 g/mol. The molecule has 1 atom stereocenters. The molecule has 24 heavy (non-hydrogen) atoms. The first-order valence-electron chi connectivity index (χ1n) is 8.44. The van der Waals surface area contributed by atoms with Crippen LogP contribution in [0.5, 0.6) is 0 Å². The van der Waals surface area contributed by atoms with Crippen molar-refractivity contribution >= 4 is 16.8 Å². The fraction of sp³-hybridized carbons (Fsp3) is 0.500. The molecule has 0 spiro atoms. The second-order valence-corrected chi connectivity index (χ2v) is 6.22. The minimum Gasteiger partial charge on any atom is -0.376 e. The van der Waals surface area contributed by atoms with Gasteiger partial charge in [-0.2, -0.15) is 0 Å². The lowest BCUT2D eigenvalue weighted by Crippen LogP contribution is -2.40. The van der Waals surface area contributed by atoms with Gasteiger partial charge in [-0.25, -0.2) is 4.98 Å². The number of para-hydroxylation sites is 1. The van der Waals surface area contributed by atoms with E-state index in [9.17, 15) is 9.59 Å². The highest BCUT2D eigenvalue weighted by atomic mass is 16.5. The maximum absolute atomic E-state index is 12.6. The van der Waals surface area contributed by atoms with E-state index in [-0.39, 0.29) is 24.1 Å². The molecule has 0 N–H and O–H groups in total. The summed E-state index contributed by atoms with van der Waals surface area (Å²) in [5.41, 5.74) is 1.47. The molecule has 3 rings (SSSR count). The van der Waals surface area contributed by atoms with Crippen LogP contribution < -0.4 is 5.56 Å². The molecular weight excluding hydrogens is 306 g/mol. The lowest BCUT2D eigenvalue weighted by Gasteiger charge is -2.24. The molecule has 1 fully saturated rings. The highest BCUT2D eigenvalue weighted by Gasteiger charge is 2.22. The SMILES string of the molecule is CCN(C[C@@H]1CCCO1)C(=O)Cn1cnc2c(C)cccc2c1=O. The lowest BCUT2D eigenvalue weighted by molar-refractivity contribution is -0.133. The number of likely N-dealkylation sites (N-methyl/N-ethyl adjacent to an activating group) is 1. The summed E-state index contributed by atoms with van der Waals surface area (Å²) in [5, 5.41) is 0.549. The summed E-state index contributed by atoms with van der Waals surface area (Å²) >= 11 is 0. The Labute approximate surface area is 141 Å². The molecule has 6 nitrogen and oxygen atoms in total. The Morgan fingerprint density at radius 2 is 2.29 bits per heavy atom. The molecule has 1 aliphatic rings. The molecule has 0 saturated carbocycles. The summed E-state index contributed by atoms with van der Waals surface area (Å²) < 4.78 is 7.00. The van der Waals surface area contributed by atoms with Crippen molar-refractivity contribution in [2.75, 3.05) is 19.7 Å². The van der Waals surface area contributed by atoms with Crippen LogP contribution in [0.2, 0.25) is 0 Å². The van der Waals surface area contributed by atoms with Crippen LogP contribution in [0.4, 0.5) is 0 Å². The number of ether oxygens (including phenoxy) is 1. The molecule has 0 unspecified atom stereocenters. The molecule has 1 saturated heterocycles. The normalized spacial score (nSPS) is 17.3. The summed E-state index contributed by atoms with van der Waals surface area (Å²) in [7, 11) is 0. The van der Waals surface area contributed by atoms with Gasteiger partial charge in [0.15, 0.2) is 0 Å². The number of aromatic nitrogens is 2. The predicted molar refractivity (Wildman–Crippen MR) is 92.0 cm³/mol. The number of aryl methyl sites for hydroxylation is 1. The van der Waals surface area contributed by atoms with Crippen LogP contribution >= 0.6 is 0 Å². The third kappa shape index (κ3) is 3.33. The zero-order chi connectivity index (χ0) is 17.1. The van der Waals surface area contributed by atoms with E-state index in [1.807, 2.05) is 26.0 Å². The zero-order valence-electron chi connectivity index (χ0n) is 14.2. The van der Waals surface area contributed by atoms with Gasteiger partial charge in [0.1, 0.15) is 6.54 Å². The molecule has 2 heterocycles. The van der Waals surface area contributed by atoms with Crippen LogP contribution in [0, 0.1) is 6.92 Å². The van der Waals surface area contributed by atoms with Crippen LogP contribution in [0.3, 0.4) is 0 Å². The second kappa shape index (κ2) is 7.13. The van der Waals surface area contributed by atoms with Gasteiger partial charge in [0.25, 0.3) is 5.56 Å². The van der Waals surface area contributed by atoms with E-state index < -0.39 is 0 Å². The molecule has 1 aliphatic heterocycles. The molecule has 128 valence electrons. The molecular formula is C18H23N3O3. The summed E-state index contributed by atoms with van der Waals surface area (Å²) in [6, 6.07) is 5.51. The summed E-state index contributed by atoms with van der Waals surface area (Å²) in [5.74, 6) is -0.0797. The first-order chi connectivity index (χ1) is 11.6. The van der Waals surface area contributed by atoms with E-state index in [4.69, 9.17) is 4.74 Å². The molecule has 1 aromatic heterocycles. The molecule has 6 heteroatoms. The van der Waals surface area contributed by atoms with Gasteiger partial charge in [-0.3, -0.25) is 14.2 Å². The molecule has 1 aromatic carbocycles. The summed E-state index contributed by atoms with van der Waals surface area (Å²) in [6.07, 6.45) is 3.61. The number of benzene rings is 1. The van der Waals surface area contributed by atoms with Crippen molar-refractivity contribution in [2.45, 2.75) is 39.3 Å². The van der Waals surface area contributed by atoms with E-state index in [1.165, 1.54) is 10.9 Å². The fourth-order valence-electron chi connectivity index (χ4n) is 3.14. The lowest BCUT2D eigenvalue weighted by atomic mass is 10.1. The molecule has 2 aromatic rings. The third-order valence-corrected chi connectivity index (χ3v) is 4.54. The Bertz CT molecular complexity index is 794. The van der Waals surface area contributed by atoms with E-state index in [1.54, 1.807) is 11.0 Å². The summed E-state index contributed by atoms with van der Waals surface area (Å²) in [4.78, 5) is 31.3. The van der Waals surface area contributed by atoms with Gasteiger partial charge in [0.05, 0.1) is 23.3 Å². The zero-order valence-corrected chi connectivity index (χ0v) is 14.2. The van der Waals surface area contributed by atoms with Gasteiger partial charge in [-0.05, 0) is 38.3 Å². The Hall–Kier alpha value is -2.21. The van der Waals surface area contributed by atoms with Crippen LogP contribution in [0.25, 0.3) is 10.9 Å². The van der Waals surface area contributed by atoms with Gasteiger partial charge in [-0.15, -0.1) is 0 Å². The maximum Gasteiger partial charge on any atom is 0.261 e. The van der Waals surface area contributed by atoms with Crippen LogP contribution in [0.15, 0.2) is 29.3 Å². The van der Waals surface area contributed by atoms with Gasteiger partial charge in [-0.1, -0.05) is 12.1 Å². The number of fused-ring (bicyclic) bond motifs is 1. The topological polar surface area (TPSA) is 64.4 Å². The van der Waals surface area contributed by atoms with Crippen molar-refractivity contribution in [3.05, 3.63) is 40.4 Å². The first kappa shape index (κ1) is 16.6. The Morgan fingerprint density at radius 3 is 3.00 bits per heavy atom. The number of hydrogen-bond acceptors (Lipinski definition) is 4. The van der Waals surface area contributed by atoms with Crippen molar-refractivity contribution in [3.8, 4) is 0 Å². The van der Waals surface area contributed by atoms with E-state index in [0.717, 1.165) is 25.0 Å². The van der Waals surface area contributed by atoms with Crippen molar-refractivity contribution in [1.29, 1.82) is 0 Å². The van der Waals surface area contributed by atoms with Crippen molar-refractivity contribution in [1.82, 2.24) is 14.5 Å². The predicted octanol–water partition coefficient (Wildman–Crippen LogP) is 1.73. The molecule has 0 radical (unpaired) electrons. The standard InChI is InChI=1S/C18H23N3O3/c1-3-20(10-14-7-5-9-24-14)16(22)11-21-12-19-17-13(2)6-4-8-15(17)18(21)23/h4,6,8,12,14H,3,5,7,9-11H2,1-2H3/t14-/m0/s1. The quantitative estimate of drug-likeness (QED) is 0.838. The largest absolute Gasteiger partial charge is 0.376 e. The molecule has 0 bridgehead atoms. The number of carbonyl (C=O) groups excluding carboxylic acids is 1. The molecule has 0 aliphatic carbocycles. The smallest absolute Gasteiger partial charge is 0.261 e. The summed E-state index contributed by atoms with van der Waals surface area (Å²) in [6.45, 7) is 5.83. The molecule has 1 amide bonds. The second-order valence-electron chi connectivity index (χ2n) is 6.22. The van der Waals surface area contributed by atoms with Crippen LogP contribution in [0.1, 0.15) is 25.3 Å². The van der Waals surface area contributed by atoms with Gasteiger partial charge in [0.2, 0.25) is 5.91 Å². The monoisotopic (exact) mass is 329 g/mol. The van der Waals surface area contributed by atoms with Gasteiger partial charge < -0.3 is 9.64 Å². The minimum absolute atomic E-state index is 0.0102. The van der Waals surface area contributed by atoms with Gasteiger partial charge in [0, 0.05) is 19.7 Å². The number of nitrogens with zero attached hydrogens (tertiary/aromatic N) is 3. The van der Waals surface area contributed by atoms with E-state index in [2.05, 4.69) is 4.98 Å². The van der Waals surface area contributed by atoms with Crippen molar-refractivity contribution in [2.24, 2.45) is 0 Å². The number of rotatable bonds is 5. The van der Waals surface area contributed by atoms with E-state index in [0.29, 0.717) is 24.0 Å². The van der Waals surface area contributed by atoms with Crippen molar-refractivity contribution < 1.29 is 9.53 Å². The highest BCUT2D eigenvalue weighted by Crippen LogP contribution is 2.14. The first-order valence-corrected chi connectivity index (χ1v) is 8.44. The number of hydrogen-bond donors (Lipinski definition) is 0. The Morgan fingerprint density at radius 1 is 1.46 bits per heavy atom. The highest BCUT2D eigenvalue weighted by molar-refractivity contribution is 5.81. The van der Waals surface area contributed by atoms with Crippen molar-refractivity contribution in [3.63, 3.8) is 0 Å².